The third kappa shape index (κ3) is 4.45. The summed E-state index contributed by atoms with van der Waals surface area (Å²) in [4.78, 5) is 17.1. The molecule has 1 saturated heterocycles. The number of carboxylic acids is 1. The van der Waals surface area contributed by atoms with Crippen LogP contribution in [0.3, 0.4) is 0 Å². The van der Waals surface area contributed by atoms with Crippen LogP contribution in [-0.2, 0) is 22.3 Å². The van der Waals surface area contributed by atoms with Gasteiger partial charge in [0.1, 0.15) is 5.69 Å². The lowest BCUT2D eigenvalue weighted by Gasteiger charge is -2.40. The molecule has 1 N–H and O–H groups in total. The zero-order valence-corrected chi connectivity index (χ0v) is 13.5. The molecular formula is C16H21F3N2O3. The molecule has 1 aromatic rings. The van der Waals surface area contributed by atoms with Crippen molar-refractivity contribution in [2.75, 3.05) is 26.8 Å². The van der Waals surface area contributed by atoms with Gasteiger partial charge in [-0.25, -0.2) is 0 Å². The number of pyridine rings is 1. The monoisotopic (exact) mass is 346 g/mol. The van der Waals surface area contributed by atoms with Crippen molar-refractivity contribution >= 4 is 5.97 Å². The SMILES string of the molecule is COCC[C@]1(C(=O)O)CCCN(Cc2ccc(C(F)(F)F)nc2)C1. The summed E-state index contributed by atoms with van der Waals surface area (Å²) < 4.78 is 42.6. The van der Waals surface area contributed by atoms with Gasteiger partial charge in [-0.15, -0.1) is 0 Å². The Morgan fingerprint density at radius 3 is 2.75 bits per heavy atom. The maximum atomic E-state index is 12.5. The number of carbonyl (C=O) groups is 1. The van der Waals surface area contributed by atoms with E-state index in [-0.39, 0.29) is 0 Å². The molecule has 1 aliphatic rings. The molecule has 2 heterocycles. The van der Waals surface area contributed by atoms with Gasteiger partial charge in [-0.2, -0.15) is 13.2 Å². The number of aromatic nitrogens is 1. The summed E-state index contributed by atoms with van der Waals surface area (Å²) >= 11 is 0. The predicted octanol–water partition coefficient (Wildman–Crippen LogP) is 2.80. The molecule has 0 spiro atoms. The average Bonchev–Trinajstić information content (AvgIpc) is 2.53. The van der Waals surface area contributed by atoms with Crippen LogP contribution in [0.15, 0.2) is 18.3 Å². The first-order valence-corrected chi connectivity index (χ1v) is 7.74. The fourth-order valence-electron chi connectivity index (χ4n) is 3.09. The van der Waals surface area contributed by atoms with Crippen molar-refractivity contribution in [1.29, 1.82) is 0 Å². The highest BCUT2D eigenvalue weighted by Crippen LogP contribution is 2.34. The van der Waals surface area contributed by atoms with Gasteiger partial charge in [0.25, 0.3) is 0 Å². The summed E-state index contributed by atoms with van der Waals surface area (Å²) in [5.41, 5.74) is -1.16. The normalized spacial score (nSPS) is 22.5. The minimum Gasteiger partial charge on any atom is -0.481 e. The van der Waals surface area contributed by atoms with Crippen molar-refractivity contribution in [3.05, 3.63) is 29.6 Å². The average molecular weight is 346 g/mol. The largest absolute Gasteiger partial charge is 0.481 e. The molecular weight excluding hydrogens is 325 g/mol. The zero-order chi connectivity index (χ0) is 17.8. The van der Waals surface area contributed by atoms with Gasteiger partial charge in [-0.1, -0.05) is 6.07 Å². The molecule has 0 aromatic carbocycles. The summed E-state index contributed by atoms with van der Waals surface area (Å²) in [5.74, 6) is -0.852. The van der Waals surface area contributed by atoms with Crippen molar-refractivity contribution < 1.29 is 27.8 Å². The Morgan fingerprint density at radius 2 is 2.21 bits per heavy atom. The van der Waals surface area contributed by atoms with Gasteiger partial charge in [0.2, 0.25) is 0 Å². The van der Waals surface area contributed by atoms with Crippen molar-refractivity contribution in [1.82, 2.24) is 9.88 Å². The number of halogens is 3. The Morgan fingerprint density at radius 1 is 1.46 bits per heavy atom. The van der Waals surface area contributed by atoms with Crippen LogP contribution in [0.2, 0.25) is 0 Å². The fourth-order valence-corrected chi connectivity index (χ4v) is 3.09. The first-order valence-electron chi connectivity index (χ1n) is 7.74. The Hall–Kier alpha value is -1.67. The standard InChI is InChI=1S/C16H21F3N2O3/c1-24-8-6-15(14(22)23)5-2-7-21(11-15)10-12-3-4-13(20-9-12)16(17,18)19/h3-4,9H,2,5-8,10-11H2,1H3,(H,22,23)/t15-/m1/s1. The number of hydrogen-bond acceptors (Lipinski definition) is 4. The van der Waals surface area contributed by atoms with Crippen LogP contribution in [0.5, 0.6) is 0 Å². The Kier molecular flexibility index (Phi) is 5.82. The maximum Gasteiger partial charge on any atom is 0.433 e. The van der Waals surface area contributed by atoms with Crippen LogP contribution in [0.1, 0.15) is 30.5 Å². The van der Waals surface area contributed by atoms with E-state index in [2.05, 4.69) is 4.98 Å². The Balaban J connectivity index is 2.05. The van der Waals surface area contributed by atoms with E-state index in [1.165, 1.54) is 19.4 Å². The second kappa shape index (κ2) is 7.48. The van der Waals surface area contributed by atoms with Crippen LogP contribution >= 0.6 is 0 Å². The highest BCUT2D eigenvalue weighted by Gasteiger charge is 2.42. The molecule has 8 heteroatoms. The maximum absolute atomic E-state index is 12.5. The molecule has 1 aromatic heterocycles. The molecule has 0 aliphatic carbocycles. The van der Waals surface area contributed by atoms with Gasteiger partial charge in [0.05, 0.1) is 5.41 Å². The third-order valence-electron chi connectivity index (χ3n) is 4.42. The Labute approximate surface area is 138 Å². The highest BCUT2D eigenvalue weighted by atomic mass is 19.4. The number of likely N-dealkylation sites (tertiary alicyclic amines) is 1. The quantitative estimate of drug-likeness (QED) is 0.858. The molecule has 0 bridgehead atoms. The lowest BCUT2D eigenvalue weighted by atomic mass is 9.77. The first-order chi connectivity index (χ1) is 11.3. The number of carboxylic acid groups (broad SMARTS) is 1. The summed E-state index contributed by atoms with van der Waals surface area (Å²) in [6, 6.07) is 2.34. The van der Waals surface area contributed by atoms with E-state index in [0.29, 0.717) is 44.6 Å². The summed E-state index contributed by atoms with van der Waals surface area (Å²) in [6.07, 6.45) is -1.53. The number of methoxy groups -OCH3 is 1. The predicted molar refractivity (Wildman–Crippen MR) is 80.3 cm³/mol. The molecule has 0 radical (unpaired) electrons. The van der Waals surface area contributed by atoms with E-state index in [0.717, 1.165) is 12.5 Å². The van der Waals surface area contributed by atoms with Gasteiger partial charge in [-0.05, 0) is 37.4 Å². The molecule has 2 rings (SSSR count). The molecule has 0 saturated carbocycles. The molecule has 0 unspecified atom stereocenters. The molecule has 1 atom stereocenters. The summed E-state index contributed by atoms with van der Waals surface area (Å²) in [7, 11) is 1.53. The smallest absolute Gasteiger partial charge is 0.433 e. The second-order valence-electron chi connectivity index (χ2n) is 6.19. The summed E-state index contributed by atoms with van der Waals surface area (Å²) in [5, 5.41) is 9.61. The minimum absolute atomic E-state index is 0.354. The van der Waals surface area contributed by atoms with Crippen molar-refractivity contribution in [2.45, 2.75) is 32.0 Å². The van der Waals surface area contributed by atoms with Crippen LogP contribution < -0.4 is 0 Å². The zero-order valence-electron chi connectivity index (χ0n) is 13.5. The van der Waals surface area contributed by atoms with Gasteiger partial charge >= 0.3 is 12.1 Å². The van der Waals surface area contributed by atoms with E-state index in [1.54, 1.807) is 0 Å². The number of aliphatic carboxylic acids is 1. The third-order valence-corrected chi connectivity index (χ3v) is 4.42. The molecule has 0 amide bonds. The van der Waals surface area contributed by atoms with Crippen LogP contribution in [0.4, 0.5) is 13.2 Å². The lowest BCUT2D eigenvalue weighted by molar-refractivity contribution is -0.154. The summed E-state index contributed by atoms with van der Waals surface area (Å²) in [6.45, 7) is 1.81. The van der Waals surface area contributed by atoms with E-state index < -0.39 is 23.3 Å². The molecule has 24 heavy (non-hydrogen) atoms. The van der Waals surface area contributed by atoms with Crippen molar-refractivity contribution in [2.24, 2.45) is 5.41 Å². The fraction of sp³-hybridized carbons (Fsp3) is 0.625. The van der Waals surface area contributed by atoms with Gasteiger partial charge in [-0.3, -0.25) is 14.7 Å². The van der Waals surface area contributed by atoms with Gasteiger partial charge < -0.3 is 9.84 Å². The lowest BCUT2D eigenvalue weighted by Crippen LogP contribution is -2.48. The highest BCUT2D eigenvalue weighted by molar-refractivity contribution is 5.75. The number of ether oxygens (including phenoxy) is 1. The number of alkyl halides is 3. The minimum atomic E-state index is -4.46. The Bertz CT molecular complexity index is 563. The number of hydrogen-bond donors (Lipinski definition) is 1. The molecule has 134 valence electrons. The number of piperidine rings is 1. The van der Waals surface area contributed by atoms with Gasteiger partial charge in [0, 0.05) is 33.0 Å². The topological polar surface area (TPSA) is 62.7 Å². The molecule has 1 aliphatic heterocycles. The number of rotatable bonds is 6. The van der Waals surface area contributed by atoms with Crippen LogP contribution in [-0.4, -0.2) is 47.8 Å². The van der Waals surface area contributed by atoms with Gasteiger partial charge in [0.15, 0.2) is 0 Å². The van der Waals surface area contributed by atoms with E-state index in [9.17, 15) is 23.1 Å². The van der Waals surface area contributed by atoms with Crippen LogP contribution in [0.25, 0.3) is 0 Å². The van der Waals surface area contributed by atoms with Crippen molar-refractivity contribution in [3.63, 3.8) is 0 Å². The van der Waals surface area contributed by atoms with E-state index >= 15 is 0 Å². The molecule has 5 nitrogen and oxygen atoms in total. The number of nitrogens with zero attached hydrogens (tertiary/aromatic N) is 2. The molecule has 1 fully saturated rings. The first kappa shape index (κ1) is 18.7. The van der Waals surface area contributed by atoms with Crippen molar-refractivity contribution in [3.8, 4) is 0 Å². The van der Waals surface area contributed by atoms with E-state index in [1.807, 2.05) is 4.90 Å². The van der Waals surface area contributed by atoms with E-state index in [4.69, 9.17) is 4.74 Å². The van der Waals surface area contributed by atoms with Crippen LogP contribution in [0, 0.1) is 5.41 Å². The second-order valence-corrected chi connectivity index (χ2v) is 6.19.